The van der Waals surface area contributed by atoms with Crippen molar-refractivity contribution in [2.45, 2.75) is 12.5 Å². The van der Waals surface area contributed by atoms with E-state index in [1.807, 2.05) is 47.5 Å². The molecule has 0 aliphatic carbocycles. The van der Waals surface area contributed by atoms with Crippen molar-refractivity contribution in [1.82, 2.24) is 14.5 Å². The molecule has 3 aromatic rings. The van der Waals surface area contributed by atoms with Crippen LogP contribution in [0.25, 0.3) is 0 Å². The van der Waals surface area contributed by atoms with E-state index in [0.29, 0.717) is 23.6 Å². The van der Waals surface area contributed by atoms with Crippen molar-refractivity contribution in [3.8, 4) is 0 Å². The van der Waals surface area contributed by atoms with E-state index in [4.69, 9.17) is 21.4 Å². The highest BCUT2D eigenvalue weighted by atomic mass is 35.5. The number of nitrogens with zero attached hydrogens (tertiary/aromatic N) is 4. The first-order valence-electron chi connectivity index (χ1n) is 10.6. The molecule has 0 spiro atoms. The normalized spacial score (nSPS) is 15.5. The largest absolute Gasteiger partial charge is 0.383 e. The third kappa shape index (κ3) is 5.03. The van der Waals surface area contributed by atoms with Gasteiger partial charge in [0, 0.05) is 39.0 Å². The Morgan fingerprint density at radius 3 is 2.70 bits per heavy atom. The Balaban J connectivity index is 1.61. The molecule has 4 rings (SSSR count). The summed E-state index contributed by atoms with van der Waals surface area (Å²) < 4.78 is 7.17. The van der Waals surface area contributed by atoms with E-state index in [1.54, 1.807) is 42.7 Å². The molecule has 1 atom stereocenters. The Kier molecular flexibility index (Phi) is 7.27. The lowest BCUT2D eigenvalue weighted by Crippen LogP contribution is -2.43. The summed E-state index contributed by atoms with van der Waals surface area (Å²) in [5.74, 6) is -0.577. The lowest BCUT2D eigenvalue weighted by molar-refractivity contribution is -0.134. The summed E-state index contributed by atoms with van der Waals surface area (Å²) in [4.78, 5) is 29.2. The highest BCUT2D eigenvalue weighted by Gasteiger charge is 2.36. The van der Waals surface area contributed by atoms with Crippen LogP contribution >= 0.6 is 22.9 Å². The fourth-order valence-corrected chi connectivity index (χ4v) is 4.81. The first kappa shape index (κ1) is 23.2. The van der Waals surface area contributed by atoms with Crippen LogP contribution in [-0.2, 0) is 16.6 Å². The van der Waals surface area contributed by atoms with Gasteiger partial charge in [-0.3, -0.25) is 9.59 Å². The van der Waals surface area contributed by atoms with Gasteiger partial charge in [-0.25, -0.2) is 5.01 Å². The lowest BCUT2D eigenvalue weighted by Gasteiger charge is -2.27. The summed E-state index contributed by atoms with van der Waals surface area (Å²) in [6.45, 7) is 0.431. The number of ether oxygens (including phenoxy) is 1. The number of carbonyl (C=O) groups is 2. The number of carbonyl (C=O) groups excluding carboxylic acids is 2. The van der Waals surface area contributed by atoms with Gasteiger partial charge in [0.2, 0.25) is 0 Å². The van der Waals surface area contributed by atoms with E-state index >= 15 is 0 Å². The maximum Gasteiger partial charge on any atom is 0.262 e. The number of hydrazone groups is 1. The minimum Gasteiger partial charge on any atom is -0.383 e. The van der Waals surface area contributed by atoms with Crippen molar-refractivity contribution in [3.63, 3.8) is 0 Å². The van der Waals surface area contributed by atoms with Gasteiger partial charge in [0.1, 0.15) is 12.6 Å². The molecular formula is C24H25ClN4O3S. The molecule has 0 fully saturated rings. The van der Waals surface area contributed by atoms with Crippen LogP contribution in [0.4, 0.5) is 0 Å². The molecule has 0 saturated carbocycles. The van der Waals surface area contributed by atoms with Gasteiger partial charge in [-0.05, 0) is 35.7 Å². The number of thiophene rings is 1. The third-order valence-electron chi connectivity index (χ3n) is 5.58. The molecule has 2 amide bonds. The van der Waals surface area contributed by atoms with E-state index in [1.165, 1.54) is 9.91 Å². The average Bonchev–Trinajstić information content (AvgIpc) is 3.56. The number of methoxy groups -OCH3 is 1. The smallest absolute Gasteiger partial charge is 0.262 e. The highest BCUT2D eigenvalue weighted by molar-refractivity contribution is 7.12. The quantitative estimate of drug-likeness (QED) is 0.481. The molecule has 2 aromatic heterocycles. The van der Waals surface area contributed by atoms with E-state index in [9.17, 15) is 9.59 Å². The second kappa shape index (κ2) is 10.3. The number of hydrogen-bond acceptors (Lipinski definition) is 5. The monoisotopic (exact) mass is 484 g/mol. The Hall–Kier alpha value is -2.94. The maximum atomic E-state index is 13.5. The Morgan fingerprint density at radius 2 is 2.03 bits per heavy atom. The van der Waals surface area contributed by atoms with Crippen LogP contribution < -0.4 is 0 Å². The Bertz CT molecular complexity index is 1160. The summed E-state index contributed by atoms with van der Waals surface area (Å²) in [6, 6.07) is 14.5. The van der Waals surface area contributed by atoms with Crippen molar-refractivity contribution in [1.29, 1.82) is 0 Å². The number of rotatable bonds is 8. The fraction of sp³-hybridized carbons (Fsp3) is 0.292. The number of aromatic nitrogens is 1. The molecule has 1 aliphatic rings. The molecule has 0 radical (unpaired) electrons. The van der Waals surface area contributed by atoms with Crippen LogP contribution in [0.15, 0.2) is 65.2 Å². The first-order chi connectivity index (χ1) is 16.0. The molecule has 0 N–H and O–H groups in total. The van der Waals surface area contributed by atoms with Crippen LogP contribution in [0.5, 0.6) is 0 Å². The Morgan fingerprint density at radius 1 is 1.21 bits per heavy atom. The molecule has 33 heavy (non-hydrogen) atoms. The van der Waals surface area contributed by atoms with E-state index in [0.717, 1.165) is 16.3 Å². The van der Waals surface area contributed by atoms with Gasteiger partial charge in [-0.1, -0.05) is 29.8 Å². The van der Waals surface area contributed by atoms with Gasteiger partial charge in [-0.2, -0.15) is 5.10 Å². The SMILES string of the molecule is COCCN(CC(=O)N1N=C(c2cccs2)C[C@@H]1c1cccn1C)C(=O)c1ccccc1Cl. The van der Waals surface area contributed by atoms with Crippen LogP contribution in [0.2, 0.25) is 5.02 Å². The molecular weight excluding hydrogens is 460 g/mol. The predicted molar refractivity (Wildman–Crippen MR) is 130 cm³/mol. The minimum atomic E-state index is -0.317. The molecule has 3 heterocycles. The summed E-state index contributed by atoms with van der Waals surface area (Å²) in [5.41, 5.74) is 2.20. The van der Waals surface area contributed by atoms with Gasteiger partial charge >= 0.3 is 0 Å². The Labute approximate surface area is 201 Å². The number of aryl methyl sites for hydroxylation is 1. The van der Waals surface area contributed by atoms with Crippen LogP contribution in [-0.4, -0.2) is 58.8 Å². The fourth-order valence-electron chi connectivity index (χ4n) is 3.88. The zero-order valence-electron chi connectivity index (χ0n) is 18.5. The third-order valence-corrected chi connectivity index (χ3v) is 6.83. The average molecular weight is 485 g/mol. The summed E-state index contributed by atoms with van der Waals surface area (Å²) in [6.07, 6.45) is 2.56. The molecule has 172 valence electrons. The molecule has 9 heteroatoms. The summed E-state index contributed by atoms with van der Waals surface area (Å²) in [5, 5.41) is 8.55. The van der Waals surface area contributed by atoms with E-state index < -0.39 is 0 Å². The number of halogens is 1. The minimum absolute atomic E-state index is 0.129. The number of benzene rings is 1. The standard InChI is InChI=1S/C24H25ClN4O3S/c1-27-11-5-9-20(27)21-15-19(22-10-6-14-33-22)26-29(21)23(30)16-28(12-13-32-2)24(31)17-7-3-4-8-18(17)25/h3-11,14,21H,12-13,15-16H2,1-2H3/t21-/m1/s1. The molecule has 1 aliphatic heterocycles. The zero-order chi connectivity index (χ0) is 23.4. The zero-order valence-corrected chi connectivity index (χ0v) is 20.1. The van der Waals surface area contributed by atoms with Gasteiger partial charge in [-0.15, -0.1) is 11.3 Å². The second-order valence-corrected chi connectivity index (χ2v) is 9.08. The second-order valence-electron chi connectivity index (χ2n) is 7.73. The predicted octanol–water partition coefficient (Wildman–Crippen LogP) is 4.21. The van der Waals surface area contributed by atoms with Crippen LogP contribution in [0.3, 0.4) is 0 Å². The topological polar surface area (TPSA) is 67.1 Å². The molecule has 0 bridgehead atoms. The van der Waals surface area contributed by atoms with Gasteiger partial charge < -0.3 is 14.2 Å². The van der Waals surface area contributed by atoms with Crippen LogP contribution in [0, 0.1) is 0 Å². The van der Waals surface area contributed by atoms with E-state index in [-0.39, 0.29) is 30.9 Å². The first-order valence-corrected chi connectivity index (χ1v) is 11.8. The number of amides is 2. The van der Waals surface area contributed by atoms with Gasteiger partial charge in [0.15, 0.2) is 0 Å². The van der Waals surface area contributed by atoms with Gasteiger partial charge in [0.05, 0.1) is 27.8 Å². The molecule has 7 nitrogen and oxygen atoms in total. The summed E-state index contributed by atoms with van der Waals surface area (Å²) in [7, 11) is 3.51. The highest BCUT2D eigenvalue weighted by Crippen LogP contribution is 2.34. The van der Waals surface area contributed by atoms with Crippen molar-refractivity contribution >= 4 is 40.5 Å². The number of hydrogen-bond donors (Lipinski definition) is 0. The van der Waals surface area contributed by atoms with Crippen molar-refractivity contribution < 1.29 is 14.3 Å². The molecule has 0 saturated heterocycles. The van der Waals surface area contributed by atoms with Crippen LogP contribution in [0.1, 0.15) is 33.4 Å². The maximum absolute atomic E-state index is 13.5. The van der Waals surface area contributed by atoms with E-state index in [2.05, 4.69) is 0 Å². The van der Waals surface area contributed by atoms with Crippen molar-refractivity contribution in [2.75, 3.05) is 26.8 Å². The molecule has 1 aromatic carbocycles. The summed E-state index contributed by atoms with van der Waals surface area (Å²) >= 11 is 7.84. The van der Waals surface area contributed by atoms with Crippen molar-refractivity contribution in [3.05, 3.63) is 81.3 Å². The lowest BCUT2D eigenvalue weighted by atomic mass is 10.1. The van der Waals surface area contributed by atoms with Gasteiger partial charge in [0.25, 0.3) is 11.8 Å². The molecule has 0 unspecified atom stereocenters. The van der Waals surface area contributed by atoms with Crippen molar-refractivity contribution in [2.24, 2.45) is 12.1 Å².